The predicted octanol–water partition coefficient (Wildman–Crippen LogP) is 3.96. The fourth-order valence-corrected chi connectivity index (χ4v) is 8.31. The molecule has 4 aliphatic rings. The molecule has 1 N–H and O–H groups in total. The zero-order chi connectivity index (χ0) is 21.1. The van der Waals surface area contributed by atoms with Crippen molar-refractivity contribution in [2.75, 3.05) is 0 Å². The van der Waals surface area contributed by atoms with Crippen molar-refractivity contribution in [3.05, 3.63) is 5.82 Å². The highest BCUT2D eigenvalue weighted by atomic mass is 16.3. The van der Waals surface area contributed by atoms with Gasteiger partial charge in [-0.1, -0.05) is 6.92 Å². The fraction of sp³-hybridized carbons (Fsp3) is 0.917. The Morgan fingerprint density at radius 1 is 1.00 bits per heavy atom. The van der Waals surface area contributed by atoms with E-state index in [9.17, 15) is 9.90 Å². The van der Waals surface area contributed by atoms with Crippen LogP contribution in [-0.2, 0) is 11.3 Å². The highest BCUT2D eigenvalue weighted by Crippen LogP contribution is 2.64. The van der Waals surface area contributed by atoms with Crippen LogP contribution in [-0.4, -0.2) is 36.7 Å². The number of hydrogen-bond donors (Lipinski definition) is 1. The van der Waals surface area contributed by atoms with Gasteiger partial charge in [-0.15, -0.1) is 10.2 Å². The third-order valence-electron chi connectivity index (χ3n) is 9.83. The van der Waals surface area contributed by atoms with E-state index in [2.05, 4.69) is 22.3 Å². The quantitative estimate of drug-likeness (QED) is 0.810. The first-order valence-corrected chi connectivity index (χ1v) is 12.3. The maximum atomic E-state index is 13.2. The molecule has 1 heterocycles. The number of nitrogens with zero attached hydrogens (tertiary/aromatic N) is 4. The highest BCUT2D eigenvalue weighted by Gasteiger charge is 2.58. The van der Waals surface area contributed by atoms with Crippen LogP contribution in [0.3, 0.4) is 0 Å². The van der Waals surface area contributed by atoms with Crippen LogP contribution >= 0.6 is 0 Å². The van der Waals surface area contributed by atoms with Gasteiger partial charge in [0.1, 0.15) is 6.54 Å². The Hall–Kier alpha value is -1.30. The van der Waals surface area contributed by atoms with E-state index in [0.717, 1.165) is 42.9 Å². The molecule has 0 amide bonds. The Morgan fingerprint density at radius 3 is 2.53 bits per heavy atom. The Balaban J connectivity index is 1.32. The summed E-state index contributed by atoms with van der Waals surface area (Å²) in [4.78, 5) is 14.7. The lowest BCUT2D eigenvalue weighted by molar-refractivity contribution is -0.131. The first kappa shape index (κ1) is 20.6. The summed E-state index contributed by atoms with van der Waals surface area (Å²) in [6, 6.07) is 0. The number of carbonyl (C=O) groups is 1. The van der Waals surface area contributed by atoms with Gasteiger partial charge in [0.05, 0.1) is 5.60 Å². The molecule has 4 saturated carbocycles. The minimum Gasteiger partial charge on any atom is -0.390 e. The van der Waals surface area contributed by atoms with Crippen molar-refractivity contribution in [1.29, 1.82) is 0 Å². The monoisotopic (exact) mass is 414 g/mol. The first-order chi connectivity index (χ1) is 14.3. The van der Waals surface area contributed by atoms with Crippen molar-refractivity contribution < 1.29 is 9.90 Å². The molecule has 4 fully saturated rings. The molecule has 0 aliphatic heterocycles. The van der Waals surface area contributed by atoms with Gasteiger partial charge in [0.2, 0.25) is 0 Å². The molecule has 5 rings (SSSR count). The molecule has 166 valence electrons. The van der Waals surface area contributed by atoms with Crippen LogP contribution in [0.1, 0.15) is 83.9 Å². The van der Waals surface area contributed by atoms with Gasteiger partial charge in [-0.3, -0.25) is 4.79 Å². The van der Waals surface area contributed by atoms with Crippen molar-refractivity contribution in [2.45, 2.75) is 97.1 Å². The second kappa shape index (κ2) is 7.39. The van der Waals surface area contributed by atoms with E-state index in [1.165, 1.54) is 49.7 Å². The summed E-state index contributed by atoms with van der Waals surface area (Å²) in [6.07, 6.45) is 11.7. The summed E-state index contributed by atoms with van der Waals surface area (Å²) < 4.78 is 0. The second-order valence-electron chi connectivity index (χ2n) is 11.5. The summed E-state index contributed by atoms with van der Waals surface area (Å²) in [5.74, 6) is 4.93. The normalized spacial score (nSPS) is 45.9. The molecule has 6 nitrogen and oxygen atoms in total. The summed E-state index contributed by atoms with van der Waals surface area (Å²) in [5, 5.41) is 22.8. The standard InChI is InChI=1S/C24H38N4O2/c1-15-25-27-28(26-15)14-22(29)21-7-6-20-19-5-4-16-8-11-23(2,30)12-9-17(16)18(19)10-13-24(20,21)3/h16-21,30H,4-14H2,1-3H3/t16-,17+,18-,19-,20+,21-,23+,24+/m1/s1. The largest absolute Gasteiger partial charge is 0.390 e. The number of aliphatic hydroxyl groups is 1. The van der Waals surface area contributed by atoms with Gasteiger partial charge in [0.15, 0.2) is 11.6 Å². The molecule has 0 spiro atoms. The lowest BCUT2D eigenvalue weighted by Crippen LogP contribution is -2.48. The summed E-state index contributed by atoms with van der Waals surface area (Å²) in [7, 11) is 0. The Kier molecular flexibility index (Phi) is 5.07. The van der Waals surface area contributed by atoms with Crippen LogP contribution < -0.4 is 0 Å². The van der Waals surface area contributed by atoms with Crippen LogP contribution in [0.5, 0.6) is 0 Å². The van der Waals surface area contributed by atoms with Crippen LogP contribution in [0.2, 0.25) is 0 Å². The maximum absolute atomic E-state index is 13.2. The van der Waals surface area contributed by atoms with Crippen molar-refractivity contribution in [3.8, 4) is 0 Å². The molecule has 30 heavy (non-hydrogen) atoms. The van der Waals surface area contributed by atoms with Gasteiger partial charge in [-0.25, -0.2) is 0 Å². The lowest BCUT2D eigenvalue weighted by atomic mass is 9.50. The summed E-state index contributed by atoms with van der Waals surface area (Å²) in [5.41, 5.74) is -0.328. The van der Waals surface area contributed by atoms with E-state index >= 15 is 0 Å². The minimum atomic E-state index is -0.464. The molecule has 1 aromatic rings. The number of aromatic nitrogens is 4. The van der Waals surface area contributed by atoms with Crippen molar-refractivity contribution in [3.63, 3.8) is 0 Å². The average molecular weight is 415 g/mol. The van der Waals surface area contributed by atoms with Crippen LogP contribution in [0.15, 0.2) is 0 Å². The third-order valence-corrected chi connectivity index (χ3v) is 9.83. The number of Topliss-reactive ketones (excluding diaryl/α,β-unsaturated/α-hetero) is 1. The van der Waals surface area contributed by atoms with Gasteiger partial charge < -0.3 is 5.11 Å². The van der Waals surface area contributed by atoms with E-state index in [-0.39, 0.29) is 17.9 Å². The number of aryl methyl sites for hydroxylation is 1. The van der Waals surface area contributed by atoms with Crippen LogP contribution in [0.25, 0.3) is 0 Å². The van der Waals surface area contributed by atoms with Crippen LogP contribution in [0, 0.1) is 47.8 Å². The maximum Gasteiger partial charge on any atom is 0.171 e. The number of ketones is 1. The highest BCUT2D eigenvalue weighted by molar-refractivity contribution is 5.81. The van der Waals surface area contributed by atoms with Gasteiger partial charge in [-0.2, -0.15) is 4.80 Å². The molecule has 0 bridgehead atoms. The van der Waals surface area contributed by atoms with E-state index in [1.807, 2.05) is 13.8 Å². The molecule has 0 radical (unpaired) electrons. The van der Waals surface area contributed by atoms with Gasteiger partial charge in [0.25, 0.3) is 0 Å². The Bertz CT molecular complexity index is 805. The van der Waals surface area contributed by atoms with Crippen molar-refractivity contribution in [1.82, 2.24) is 20.2 Å². The van der Waals surface area contributed by atoms with E-state index in [1.54, 1.807) is 0 Å². The number of tetrazole rings is 1. The zero-order valence-electron chi connectivity index (χ0n) is 18.9. The van der Waals surface area contributed by atoms with Gasteiger partial charge >= 0.3 is 0 Å². The van der Waals surface area contributed by atoms with Gasteiger partial charge in [0, 0.05) is 5.92 Å². The number of fused-ring (bicyclic) bond motifs is 5. The van der Waals surface area contributed by atoms with E-state index in [4.69, 9.17) is 0 Å². The lowest BCUT2D eigenvalue weighted by Gasteiger charge is -2.54. The molecular formula is C24H38N4O2. The topological polar surface area (TPSA) is 80.9 Å². The zero-order valence-corrected chi connectivity index (χ0v) is 18.9. The van der Waals surface area contributed by atoms with Crippen molar-refractivity contribution in [2.24, 2.45) is 40.9 Å². The first-order valence-electron chi connectivity index (χ1n) is 12.3. The second-order valence-corrected chi connectivity index (χ2v) is 11.5. The predicted molar refractivity (Wildman–Crippen MR) is 113 cm³/mol. The Labute approximate surface area is 180 Å². The average Bonchev–Trinajstić information content (AvgIpc) is 3.22. The molecular weight excluding hydrogens is 376 g/mol. The third kappa shape index (κ3) is 3.43. The molecule has 0 unspecified atom stereocenters. The molecule has 1 aromatic heterocycles. The van der Waals surface area contributed by atoms with E-state index in [0.29, 0.717) is 17.5 Å². The summed E-state index contributed by atoms with van der Waals surface area (Å²) in [6.45, 7) is 6.53. The SMILES string of the molecule is Cc1nnn(CC(=O)[C@H]2CC[C@H]3[C@@H]4CC[C@@H]5CC[C@](C)(O)CC[C@@H]5[C@H]4CC[C@]23C)n1. The summed E-state index contributed by atoms with van der Waals surface area (Å²) >= 11 is 0. The molecule has 6 heteroatoms. The molecule has 0 aromatic carbocycles. The number of rotatable bonds is 3. The Morgan fingerprint density at radius 2 is 1.77 bits per heavy atom. The van der Waals surface area contributed by atoms with E-state index < -0.39 is 5.60 Å². The minimum absolute atomic E-state index is 0.136. The van der Waals surface area contributed by atoms with Gasteiger partial charge in [-0.05, 0) is 118 Å². The molecule has 8 atom stereocenters. The van der Waals surface area contributed by atoms with Crippen LogP contribution in [0.4, 0.5) is 0 Å². The number of carbonyl (C=O) groups excluding carboxylic acids is 1. The number of hydrogen-bond acceptors (Lipinski definition) is 5. The fourth-order valence-electron chi connectivity index (χ4n) is 8.31. The molecule has 0 saturated heterocycles. The molecule has 4 aliphatic carbocycles. The van der Waals surface area contributed by atoms with Crippen molar-refractivity contribution >= 4 is 5.78 Å². The smallest absolute Gasteiger partial charge is 0.171 e.